The lowest BCUT2D eigenvalue weighted by molar-refractivity contribution is 0.00936. The molecule has 94 valence electrons. The fourth-order valence-corrected chi connectivity index (χ4v) is 1.86. The van der Waals surface area contributed by atoms with Crippen molar-refractivity contribution in [2.24, 2.45) is 0 Å². The van der Waals surface area contributed by atoms with E-state index in [4.69, 9.17) is 14.6 Å². The Bertz CT molecular complexity index is 391. The first kappa shape index (κ1) is 12.1. The predicted octanol–water partition coefficient (Wildman–Crippen LogP) is 1.10. The third kappa shape index (κ3) is 2.65. The SMILES string of the molecule is CCOC(=O)n1cnc([C@H]2CC[C@@H](CO)O2)c1. The molecular weight excluding hydrogens is 224 g/mol. The molecule has 1 aliphatic heterocycles. The summed E-state index contributed by atoms with van der Waals surface area (Å²) in [5.74, 6) is 0. The first-order chi connectivity index (χ1) is 8.24. The highest BCUT2D eigenvalue weighted by atomic mass is 16.5. The van der Waals surface area contributed by atoms with Gasteiger partial charge in [0, 0.05) is 6.20 Å². The summed E-state index contributed by atoms with van der Waals surface area (Å²) >= 11 is 0. The maximum atomic E-state index is 11.4. The van der Waals surface area contributed by atoms with Crippen LogP contribution in [0.1, 0.15) is 31.6 Å². The van der Waals surface area contributed by atoms with E-state index in [1.54, 1.807) is 13.1 Å². The molecule has 2 heterocycles. The van der Waals surface area contributed by atoms with Crippen molar-refractivity contribution in [3.63, 3.8) is 0 Å². The summed E-state index contributed by atoms with van der Waals surface area (Å²) in [4.78, 5) is 15.5. The van der Waals surface area contributed by atoms with Gasteiger partial charge in [0.2, 0.25) is 0 Å². The first-order valence-electron chi connectivity index (χ1n) is 5.72. The number of carbonyl (C=O) groups is 1. The van der Waals surface area contributed by atoms with Gasteiger partial charge in [-0.2, -0.15) is 0 Å². The maximum absolute atomic E-state index is 11.4. The van der Waals surface area contributed by atoms with Crippen LogP contribution in [0.4, 0.5) is 4.79 Å². The Labute approximate surface area is 99.2 Å². The number of aromatic nitrogens is 2. The third-order valence-electron chi connectivity index (χ3n) is 2.72. The highest BCUT2D eigenvalue weighted by Crippen LogP contribution is 2.31. The number of carbonyl (C=O) groups excluding carboxylic acids is 1. The number of hydrogen-bond donors (Lipinski definition) is 1. The van der Waals surface area contributed by atoms with Gasteiger partial charge >= 0.3 is 6.09 Å². The molecule has 1 fully saturated rings. The summed E-state index contributed by atoms with van der Waals surface area (Å²) in [5, 5.41) is 8.97. The van der Waals surface area contributed by atoms with Crippen LogP contribution in [0.3, 0.4) is 0 Å². The molecule has 0 unspecified atom stereocenters. The quantitative estimate of drug-likeness (QED) is 0.856. The number of aliphatic hydroxyl groups is 1. The molecular formula is C11H16N2O4. The van der Waals surface area contributed by atoms with Gasteiger partial charge in [0.15, 0.2) is 0 Å². The van der Waals surface area contributed by atoms with Crippen LogP contribution in [0.15, 0.2) is 12.5 Å². The zero-order valence-electron chi connectivity index (χ0n) is 9.70. The highest BCUT2D eigenvalue weighted by Gasteiger charge is 2.27. The van der Waals surface area contributed by atoms with Gasteiger partial charge in [0.25, 0.3) is 0 Å². The Kier molecular flexibility index (Phi) is 3.75. The molecule has 17 heavy (non-hydrogen) atoms. The summed E-state index contributed by atoms with van der Waals surface area (Å²) in [6, 6.07) is 0. The van der Waals surface area contributed by atoms with Gasteiger partial charge in [-0.3, -0.25) is 0 Å². The number of hydrogen-bond acceptors (Lipinski definition) is 5. The average Bonchev–Trinajstić information content (AvgIpc) is 2.98. The molecule has 1 aromatic rings. The molecule has 2 rings (SSSR count). The second-order valence-corrected chi connectivity index (χ2v) is 3.91. The van der Waals surface area contributed by atoms with Crippen molar-refractivity contribution in [3.05, 3.63) is 18.2 Å². The van der Waals surface area contributed by atoms with Crippen molar-refractivity contribution in [2.45, 2.75) is 32.0 Å². The van der Waals surface area contributed by atoms with Gasteiger partial charge in [-0.15, -0.1) is 0 Å². The van der Waals surface area contributed by atoms with E-state index in [0.29, 0.717) is 12.3 Å². The minimum absolute atomic E-state index is 0.0229. The molecule has 0 aromatic carbocycles. The molecule has 0 spiro atoms. The van der Waals surface area contributed by atoms with Crippen LogP contribution >= 0.6 is 0 Å². The Morgan fingerprint density at radius 1 is 1.71 bits per heavy atom. The zero-order chi connectivity index (χ0) is 12.3. The summed E-state index contributed by atoms with van der Waals surface area (Å²) < 4.78 is 11.7. The summed E-state index contributed by atoms with van der Waals surface area (Å²) in [6.45, 7) is 2.11. The van der Waals surface area contributed by atoms with E-state index in [1.807, 2.05) is 0 Å². The van der Waals surface area contributed by atoms with Gasteiger partial charge in [0.1, 0.15) is 12.4 Å². The topological polar surface area (TPSA) is 73.6 Å². The van der Waals surface area contributed by atoms with E-state index in [9.17, 15) is 4.79 Å². The van der Waals surface area contributed by atoms with Crippen LogP contribution in [0.5, 0.6) is 0 Å². The summed E-state index contributed by atoms with van der Waals surface area (Å²) in [6.07, 6.45) is 3.96. The van der Waals surface area contributed by atoms with Crippen LogP contribution < -0.4 is 0 Å². The van der Waals surface area contributed by atoms with E-state index in [-0.39, 0.29) is 18.8 Å². The van der Waals surface area contributed by atoms with Gasteiger partial charge < -0.3 is 14.6 Å². The average molecular weight is 240 g/mol. The molecule has 0 bridgehead atoms. The van der Waals surface area contributed by atoms with Gasteiger partial charge in [-0.05, 0) is 19.8 Å². The fraction of sp³-hybridized carbons (Fsp3) is 0.636. The van der Waals surface area contributed by atoms with Crippen molar-refractivity contribution in [1.82, 2.24) is 9.55 Å². The van der Waals surface area contributed by atoms with E-state index in [1.165, 1.54) is 10.9 Å². The van der Waals surface area contributed by atoms with E-state index in [2.05, 4.69) is 4.98 Å². The van der Waals surface area contributed by atoms with Crippen molar-refractivity contribution < 1.29 is 19.4 Å². The van der Waals surface area contributed by atoms with Crippen LogP contribution in [0.25, 0.3) is 0 Å². The number of ether oxygens (including phenoxy) is 2. The lowest BCUT2D eigenvalue weighted by Gasteiger charge is -2.08. The molecule has 1 aliphatic rings. The van der Waals surface area contributed by atoms with Gasteiger partial charge in [-0.25, -0.2) is 14.3 Å². The number of aliphatic hydroxyl groups excluding tert-OH is 1. The van der Waals surface area contributed by atoms with E-state index >= 15 is 0 Å². The smallest absolute Gasteiger partial charge is 0.419 e. The van der Waals surface area contributed by atoms with Crippen LogP contribution in [0.2, 0.25) is 0 Å². The molecule has 1 N–H and O–H groups in total. The Hall–Kier alpha value is -1.40. The van der Waals surface area contributed by atoms with Crippen molar-refractivity contribution in [3.8, 4) is 0 Å². The Morgan fingerprint density at radius 3 is 3.18 bits per heavy atom. The molecule has 6 nitrogen and oxygen atoms in total. The maximum Gasteiger partial charge on any atom is 0.419 e. The number of nitrogens with zero attached hydrogens (tertiary/aromatic N) is 2. The normalized spacial score (nSPS) is 23.9. The standard InChI is InChI=1S/C11H16N2O4/c1-2-16-11(15)13-5-9(12-7-13)10-4-3-8(6-14)17-10/h5,7-8,10,14H,2-4,6H2,1H3/t8-,10+/m0/s1. The van der Waals surface area contributed by atoms with Crippen LogP contribution in [-0.2, 0) is 9.47 Å². The molecule has 1 aromatic heterocycles. The lowest BCUT2D eigenvalue weighted by Crippen LogP contribution is -2.12. The Balaban J connectivity index is 2.01. The largest absolute Gasteiger partial charge is 0.449 e. The molecule has 0 amide bonds. The minimum atomic E-state index is -0.442. The molecule has 0 saturated carbocycles. The molecule has 2 atom stereocenters. The molecule has 1 saturated heterocycles. The second kappa shape index (κ2) is 5.29. The fourth-order valence-electron chi connectivity index (χ4n) is 1.86. The van der Waals surface area contributed by atoms with Crippen LogP contribution in [0, 0.1) is 0 Å². The summed E-state index contributed by atoms with van der Waals surface area (Å²) in [5.41, 5.74) is 0.703. The van der Waals surface area contributed by atoms with Crippen molar-refractivity contribution in [1.29, 1.82) is 0 Å². The van der Waals surface area contributed by atoms with E-state index in [0.717, 1.165) is 12.8 Å². The predicted molar refractivity (Wildman–Crippen MR) is 58.6 cm³/mol. The van der Waals surface area contributed by atoms with Gasteiger partial charge in [0.05, 0.1) is 25.0 Å². The summed E-state index contributed by atoms with van der Waals surface area (Å²) in [7, 11) is 0. The second-order valence-electron chi connectivity index (χ2n) is 3.91. The zero-order valence-corrected chi connectivity index (χ0v) is 9.70. The lowest BCUT2D eigenvalue weighted by atomic mass is 10.1. The molecule has 6 heteroatoms. The molecule has 0 radical (unpaired) electrons. The Morgan fingerprint density at radius 2 is 2.53 bits per heavy atom. The highest BCUT2D eigenvalue weighted by molar-refractivity contribution is 5.70. The van der Waals surface area contributed by atoms with Crippen molar-refractivity contribution >= 4 is 6.09 Å². The number of imidazole rings is 1. The third-order valence-corrected chi connectivity index (χ3v) is 2.72. The molecule has 0 aliphatic carbocycles. The van der Waals surface area contributed by atoms with Crippen molar-refractivity contribution in [2.75, 3.05) is 13.2 Å². The van der Waals surface area contributed by atoms with Crippen LogP contribution in [-0.4, -0.2) is 40.1 Å². The first-order valence-corrected chi connectivity index (χ1v) is 5.72. The monoisotopic (exact) mass is 240 g/mol. The minimum Gasteiger partial charge on any atom is -0.449 e. The van der Waals surface area contributed by atoms with Gasteiger partial charge in [-0.1, -0.05) is 0 Å². The van der Waals surface area contributed by atoms with E-state index < -0.39 is 6.09 Å². The number of rotatable bonds is 3.